The quantitative estimate of drug-likeness (QED) is 0.556. The number of nitrogens with one attached hydrogen (secondary N) is 1. The summed E-state index contributed by atoms with van der Waals surface area (Å²) in [6.45, 7) is 2.72. The molecule has 1 N–H and O–H groups in total. The van der Waals surface area contributed by atoms with Gasteiger partial charge in [0.2, 0.25) is 0 Å². The third kappa shape index (κ3) is 4.36. The number of rotatable bonds is 5. The predicted octanol–water partition coefficient (Wildman–Crippen LogP) is 4.97. The molecular formula is C15H14Br2N2O2. The van der Waals surface area contributed by atoms with Crippen molar-refractivity contribution < 1.29 is 4.92 Å². The number of nitro groups is 1. The SMILES string of the molecule is C[C@@H](NCc1ccc([N+](=O)[O-])cc1Br)c1ccc(Br)cc1. The molecule has 0 aliphatic heterocycles. The lowest BCUT2D eigenvalue weighted by Crippen LogP contribution is -2.18. The molecule has 6 heteroatoms. The normalized spacial score (nSPS) is 12.1. The van der Waals surface area contributed by atoms with Gasteiger partial charge in [0.25, 0.3) is 5.69 Å². The van der Waals surface area contributed by atoms with Crippen LogP contribution in [0.3, 0.4) is 0 Å². The minimum Gasteiger partial charge on any atom is -0.306 e. The Labute approximate surface area is 140 Å². The molecule has 0 unspecified atom stereocenters. The maximum absolute atomic E-state index is 10.7. The van der Waals surface area contributed by atoms with E-state index >= 15 is 0 Å². The van der Waals surface area contributed by atoms with Gasteiger partial charge in [-0.3, -0.25) is 10.1 Å². The van der Waals surface area contributed by atoms with E-state index in [0.29, 0.717) is 6.54 Å². The lowest BCUT2D eigenvalue weighted by Gasteiger charge is -2.15. The van der Waals surface area contributed by atoms with Crippen LogP contribution in [0.5, 0.6) is 0 Å². The van der Waals surface area contributed by atoms with Crippen molar-refractivity contribution in [1.82, 2.24) is 5.32 Å². The van der Waals surface area contributed by atoms with E-state index in [1.54, 1.807) is 6.07 Å². The molecule has 0 aliphatic rings. The van der Waals surface area contributed by atoms with Gasteiger partial charge in [-0.25, -0.2) is 0 Å². The highest BCUT2D eigenvalue weighted by Gasteiger charge is 2.10. The smallest absolute Gasteiger partial charge is 0.270 e. The van der Waals surface area contributed by atoms with Crippen molar-refractivity contribution >= 4 is 37.5 Å². The molecule has 110 valence electrons. The molecule has 21 heavy (non-hydrogen) atoms. The number of benzene rings is 2. The highest BCUT2D eigenvalue weighted by molar-refractivity contribution is 9.10. The average molecular weight is 414 g/mol. The van der Waals surface area contributed by atoms with Crippen LogP contribution in [0.1, 0.15) is 24.1 Å². The van der Waals surface area contributed by atoms with Crippen LogP contribution in [0.15, 0.2) is 51.4 Å². The maximum Gasteiger partial charge on any atom is 0.270 e. The Kier molecular flexibility index (Phi) is 5.50. The van der Waals surface area contributed by atoms with Crippen LogP contribution < -0.4 is 5.32 Å². The molecule has 0 saturated heterocycles. The van der Waals surface area contributed by atoms with E-state index in [-0.39, 0.29) is 11.7 Å². The van der Waals surface area contributed by atoms with Gasteiger partial charge < -0.3 is 5.32 Å². The highest BCUT2D eigenvalue weighted by atomic mass is 79.9. The second kappa shape index (κ2) is 7.15. The Morgan fingerprint density at radius 3 is 2.43 bits per heavy atom. The number of nitro benzene ring substituents is 1. The molecule has 2 rings (SSSR count). The van der Waals surface area contributed by atoms with Crippen LogP contribution in [-0.2, 0) is 6.54 Å². The first-order valence-electron chi connectivity index (χ1n) is 6.39. The van der Waals surface area contributed by atoms with Crippen LogP contribution in [-0.4, -0.2) is 4.92 Å². The van der Waals surface area contributed by atoms with Crippen LogP contribution in [0.2, 0.25) is 0 Å². The average Bonchev–Trinajstić information content (AvgIpc) is 2.46. The largest absolute Gasteiger partial charge is 0.306 e. The van der Waals surface area contributed by atoms with Crippen molar-refractivity contribution in [3.63, 3.8) is 0 Å². The van der Waals surface area contributed by atoms with E-state index in [4.69, 9.17) is 0 Å². The van der Waals surface area contributed by atoms with E-state index < -0.39 is 4.92 Å². The maximum atomic E-state index is 10.7. The molecule has 0 spiro atoms. The molecular weight excluding hydrogens is 400 g/mol. The van der Waals surface area contributed by atoms with E-state index in [1.165, 1.54) is 17.7 Å². The first kappa shape index (κ1) is 16.1. The van der Waals surface area contributed by atoms with Crippen molar-refractivity contribution in [2.45, 2.75) is 19.5 Å². The van der Waals surface area contributed by atoms with Gasteiger partial charge in [-0.15, -0.1) is 0 Å². The van der Waals surface area contributed by atoms with Crippen LogP contribution in [0.4, 0.5) is 5.69 Å². The number of hydrogen-bond donors (Lipinski definition) is 1. The van der Waals surface area contributed by atoms with Gasteiger partial charge in [0, 0.05) is 33.7 Å². The monoisotopic (exact) mass is 412 g/mol. The molecule has 4 nitrogen and oxygen atoms in total. The Bertz CT molecular complexity index is 645. The van der Waals surface area contributed by atoms with Gasteiger partial charge >= 0.3 is 0 Å². The molecule has 0 amide bonds. The first-order chi connectivity index (χ1) is 9.97. The van der Waals surface area contributed by atoms with Crippen LogP contribution in [0, 0.1) is 10.1 Å². The summed E-state index contributed by atoms with van der Waals surface area (Å²) < 4.78 is 1.80. The molecule has 0 heterocycles. The summed E-state index contributed by atoms with van der Waals surface area (Å²) in [4.78, 5) is 10.3. The minimum atomic E-state index is -0.396. The summed E-state index contributed by atoms with van der Waals surface area (Å²) in [5, 5.41) is 14.1. The second-order valence-electron chi connectivity index (χ2n) is 4.69. The van der Waals surface area contributed by atoms with E-state index in [1.807, 2.05) is 12.1 Å². The Morgan fingerprint density at radius 1 is 1.19 bits per heavy atom. The third-order valence-electron chi connectivity index (χ3n) is 3.22. The highest BCUT2D eigenvalue weighted by Crippen LogP contribution is 2.24. The van der Waals surface area contributed by atoms with Crippen LogP contribution in [0.25, 0.3) is 0 Å². The molecule has 0 saturated carbocycles. The van der Waals surface area contributed by atoms with E-state index in [0.717, 1.165) is 14.5 Å². The summed E-state index contributed by atoms with van der Waals surface area (Å²) in [6.07, 6.45) is 0. The Hall–Kier alpha value is -1.24. The first-order valence-corrected chi connectivity index (χ1v) is 7.97. The van der Waals surface area contributed by atoms with Crippen LogP contribution >= 0.6 is 31.9 Å². The molecule has 1 atom stereocenters. The van der Waals surface area contributed by atoms with Crippen molar-refractivity contribution in [3.8, 4) is 0 Å². The van der Waals surface area contributed by atoms with Crippen molar-refractivity contribution in [2.24, 2.45) is 0 Å². The summed E-state index contributed by atoms with van der Waals surface area (Å²) in [6, 6.07) is 13.2. The van der Waals surface area contributed by atoms with E-state index in [2.05, 4.69) is 56.2 Å². The lowest BCUT2D eigenvalue weighted by atomic mass is 10.1. The fraction of sp³-hybridized carbons (Fsp3) is 0.200. The molecule has 0 aromatic heterocycles. The van der Waals surface area contributed by atoms with Crippen molar-refractivity contribution in [3.05, 3.63) is 72.7 Å². The fourth-order valence-electron chi connectivity index (χ4n) is 1.93. The van der Waals surface area contributed by atoms with Crippen molar-refractivity contribution in [2.75, 3.05) is 0 Å². The topological polar surface area (TPSA) is 55.2 Å². The fourth-order valence-corrected chi connectivity index (χ4v) is 2.70. The van der Waals surface area contributed by atoms with Gasteiger partial charge in [-0.05, 0) is 36.2 Å². The van der Waals surface area contributed by atoms with Gasteiger partial charge in [-0.1, -0.05) is 44.0 Å². The number of non-ortho nitro benzene ring substituents is 1. The minimum absolute atomic E-state index is 0.0894. The third-order valence-corrected chi connectivity index (χ3v) is 4.48. The molecule has 0 radical (unpaired) electrons. The molecule has 0 aliphatic carbocycles. The zero-order valence-electron chi connectivity index (χ0n) is 11.3. The van der Waals surface area contributed by atoms with Gasteiger partial charge in [-0.2, -0.15) is 0 Å². The standard InChI is InChI=1S/C15H14Br2N2O2/c1-10(11-2-5-13(16)6-3-11)18-9-12-4-7-14(19(20)21)8-15(12)17/h2-8,10,18H,9H2,1H3/t10-/m1/s1. The Balaban J connectivity index is 2.02. The summed E-state index contributed by atoms with van der Waals surface area (Å²) in [5.41, 5.74) is 2.27. The predicted molar refractivity (Wildman–Crippen MR) is 90.2 cm³/mol. The lowest BCUT2D eigenvalue weighted by molar-refractivity contribution is -0.384. The van der Waals surface area contributed by atoms with E-state index in [9.17, 15) is 10.1 Å². The number of nitrogens with zero attached hydrogens (tertiary/aromatic N) is 1. The van der Waals surface area contributed by atoms with Gasteiger partial charge in [0.1, 0.15) is 0 Å². The second-order valence-corrected chi connectivity index (χ2v) is 6.46. The van der Waals surface area contributed by atoms with Gasteiger partial charge in [0.05, 0.1) is 4.92 Å². The summed E-state index contributed by atoms with van der Waals surface area (Å²) >= 11 is 6.80. The number of hydrogen-bond acceptors (Lipinski definition) is 3. The summed E-state index contributed by atoms with van der Waals surface area (Å²) in [7, 11) is 0. The number of halogens is 2. The molecule has 2 aromatic carbocycles. The molecule has 0 fully saturated rings. The van der Waals surface area contributed by atoms with Crippen molar-refractivity contribution in [1.29, 1.82) is 0 Å². The molecule has 0 bridgehead atoms. The summed E-state index contributed by atoms with van der Waals surface area (Å²) in [5.74, 6) is 0. The Morgan fingerprint density at radius 2 is 1.86 bits per heavy atom. The zero-order chi connectivity index (χ0) is 15.4. The zero-order valence-corrected chi connectivity index (χ0v) is 14.5. The molecule has 2 aromatic rings. The van der Waals surface area contributed by atoms with Gasteiger partial charge in [0.15, 0.2) is 0 Å².